The van der Waals surface area contributed by atoms with E-state index >= 15 is 0 Å². The molecule has 1 fully saturated rings. The van der Waals surface area contributed by atoms with E-state index in [1.54, 1.807) is 41.3 Å². The van der Waals surface area contributed by atoms with Crippen LogP contribution in [0, 0.1) is 0 Å². The molecule has 0 saturated carbocycles. The Bertz CT molecular complexity index is 1220. The molecule has 2 aromatic carbocycles. The smallest absolute Gasteiger partial charge is 0.329 e. The second-order valence-corrected chi connectivity index (χ2v) is 9.48. The third-order valence-corrected chi connectivity index (χ3v) is 6.72. The van der Waals surface area contributed by atoms with Gasteiger partial charge in [0.05, 0.1) is 18.6 Å². The number of amides is 1. The molecule has 0 radical (unpaired) electrons. The summed E-state index contributed by atoms with van der Waals surface area (Å²) in [5.74, 6) is 0.755. The zero-order valence-electron chi connectivity index (χ0n) is 17.8. The number of nitrogens with zero attached hydrogens (tertiary/aromatic N) is 4. The number of carbonyl (C=O) groups excluding carboxylic acids is 1. The van der Waals surface area contributed by atoms with Crippen molar-refractivity contribution < 1.29 is 22.4 Å². The molecule has 0 bridgehead atoms. The number of aromatic nitrogens is 2. The van der Waals surface area contributed by atoms with Gasteiger partial charge in [0.15, 0.2) is 0 Å². The van der Waals surface area contributed by atoms with E-state index in [9.17, 15) is 13.2 Å². The molecule has 3 aromatic rings. The summed E-state index contributed by atoms with van der Waals surface area (Å²) >= 11 is 5.98. The normalized spacial score (nSPS) is 14.8. The van der Waals surface area contributed by atoms with Gasteiger partial charge in [-0.1, -0.05) is 22.8 Å². The quantitative estimate of drug-likeness (QED) is 0.535. The number of nitrogens with one attached hydrogen (secondary N) is 1. The van der Waals surface area contributed by atoms with Gasteiger partial charge in [-0.2, -0.15) is 0 Å². The maximum Gasteiger partial charge on any atom is 0.329 e. The maximum absolute atomic E-state index is 12.6. The third-order valence-electron chi connectivity index (χ3n) is 5.15. The maximum atomic E-state index is 12.6. The van der Waals surface area contributed by atoms with E-state index in [2.05, 4.69) is 19.8 Å². The highest BCUT2D eigenvalue weighted by molar-refractivity contribution is 7.92. The van der Waals surface area contributed by atoms with E-state index in [0.29, 0.717) is 49.1 Å². The second-order valence-electron chi connectivity index (χ2n) is 7.36. The van der Waals surface area contributed by atoms with E-state index in [4.69, 9.17) is 20.8 Å². The Labute approximate surface area is 196 Å². The Balaban J connectivity index is 1.31. The number of carbonyl (C=O) groups is 1. The van der Waals surface area contributed by atoms with Gasteiger partial charge in [-0.25, -0.2) is 13.1 Å². The van der Waals surface area contributed by atoms with E-state index < -0.39 is 10.0 Å². The lowest BCUT2D eigenvalue weighted by Gasteiger charge is -2.34. The van der Waals surface area contributed by atoms with Crippen LogP contribution in [0.4, 0.5) is 6.01 Å². The standard InChI is InChI=1S/C21H22ClN5O5S/c1-31-17-5-7-18(8-6-17)33(29,30)25-21-24-23-19(32-21)14-26-9-11-27(12-10-26)20(28)15-3-2-4-16(22)13-15/h2-8,13H,9-12,14H2,1H3,(H,24,25). The lowest BCUT2D eigenvalue weighted by atomic mass is 10.2. The summed E-state index contributed by atoms with van der Waals surface area (Å²) in [6.45, 7) is 2.65. The molecule has 12 heteroatoms. The molecule has 2 heterocycles. The van der Waals surface area contributed by atoms with Crippen LogP contribution in [-0.4, -0.2) is 67.6 Å². The van der Waals surface area contributed by atoms with Crippen LogP contribution in [0.2, 0.25) is 5.02 Å². The molecular formula is C21H22ClN5O5S. The fourth-order valence-electron chi connectivity index (χ4n) is 3.39. The highest BCUT2D eigenvalue weighted by Crippen LogP contribution is 2.19. The molecule has 1 saturated heterocycles. The Morgan fingerprint density at radius 3 is 2.52 bits per heavy atom. The average Bonchev–Trinajstić information content (AvgIpc) is 3.25. The van der Waals surface area contributed by atoms with Gasteiger partial charge in [-0.05, 0) is 42.5 Å². The van der Waals surface area contributed by atoms with Crippen LogP contribution in [0.25, 0.3) is 0 Å². The molecule has 1 amide bonds. The van der Waals surface area contributed by atoms with Crippen LogP contribution >= 0.6 is 11.6 Å². The van der Waals surface area contributed by atoms with Crippen LogP contribution in [0.3, 0.4) is 0 Å². The lowest BCUT2D eigenvalue weighted by molar-refractivity contribution is 0.0618. The van der Waals surface area contributed by atoms with E-state index in [0.717, 1.165) is 0 Å². The summed E-state index contributed by atoms with van der Waals surface area (Å²) in [4.78, 5) is 16.5. The van der Waals surface area contributed by atoms with Gasteiger partial charge in [-0.3, -0.25) is 9.69 Å². The van der Waals surface area contributed by atoms with Crippen LogP contribution in [0.15, 0.2) is 57.8 Å². The van der Waals surface area contributed by atoms with E-state index in [-0.39, 0.29) is 22.7 Å². The summed E-state index contributed by atoms with van der Waals surface area (Å²) in [6.07, 6.45) is 0. The van der Waals surface area contributed by atoms with Crippen molar-refractivity contribution in [3.05, 3.63) is 65.0 Å². The Hall–Kier alpha value is -3.15. The first-order chi connectivity index (χ1) is 15.8. The molecule has 1 aliphatic rings. The molecule has 174 valence electrons. The van der Waals surface area contributed by atoms with Crippen LogP contribution in [0.1, 0.15) is 16.2 Å². The minimum atomic E-state index is -3.87. The van der Waals surface area contributed by atoms with Crippen molar-refractivity contribution in [3.8, 4) is 5.75 Å². The summed E-state index contributed by atoms with van der Waals surface area (Å²) in [5.41, 5.74) is 0.557. The summed E-state index contributed by atoms with van der Waals surface area (Å²) in [5, 5.41) is 8.23. The number of halogens is 1. The third kappa shape index (κ3) is 5.62. The van der Waals surface area contributed by atoms with Crippen molar-refractivity contribution in [2.45, 2.75) is 11.4 Å². The molecule has 0 atom stereocenters. The highest BCUT2D eigenvalue weighted by atomic mass is 35.5. The average molecular weight is 492 g/mol. The molecule has 0 aliphatic carbocycles. The number of rotatable bonds is 7. The first-order valence-electron chi connectivity index (χ1n) is 10.1. The van der Waals surface area contributed by atoms with Crippen LogP contribution < -0.4 is 9.46 Å². The minimum absolute atomic E-state index is 0.0449. The van der Waals surface area contributed by atoms with Crippen molar-refractivity contribution in [2.75, 3.05) is 38.0 Å². The Kier molecular flexibility index (Phi) is 6.82. The molecule has 0 spiro atoms. The molecule has 0 unspecified atom stereocenters. The Morgan fingerprint density at radius 1 is 1.12 bits per heavy atom. The minimum Gasteiger partial charge on any atom is -0.497 e. The fourth-order valence-corrected chi connectivity index (χ4v) is 4.51. The SMILES string of the molecule is COc1ccc(S(=O)(=O)Nc2nnc(CN3CCN(C(=O)c4cccc(Cl)c4)CC3)o2)cc1. The monoisotopic (exact) mass is 491 g/mol. The number of hydrogen-bond donors (Lipinski definition) is 1. The summed E-state index contributed by atoms with van der Waals surface area (Å²) in [6, 6.07) is 12.6. The molecular weight excluding hydrogens is 470 g/mol. The van der Waals surface area contributed by atoms with E-state index in [1.807, 2.05) is 0 Å². The first-order valence-corrected chi connectivity index (χ1v) is 12.0. The van der Waals surface area contributed by atoms with Gasteiger partial charge >= 0.3 is 6.01 Å². The molecule has 4 rings (SSSR count). The van der Waals surface area contributed by atoms with Gasteiger partial charge in [0.25, 0.3) is 15.9 Å². The largest absolute Gasteiger partial charge is 0.497 e. The molecule has 33 heavy (non-hydrogen) atoms. The van der Waals surface area contributed by atoms with Gasteiger partial charge in [0.2, 0.25) is 5.89 Å². The zero-order chi connectivity index (χ0) is 23.4. The summed E-state index contributed by atoms with van der Waals surface area (Å²) < 4.78 is 37.8. The van der Waals surface area contributed by atoms with Crippen molar-refractivity contribution in [2.24, 2.45) is 0 Å². The van der Waals surface area contributed by atoms with Crippen molar-refractivity contribution in [3.63, 3.8) is 0 Å². The number of benzene rings is 2. The lowest BCUT2D eigenvalue weighted by Crippen LogP contribution is -2.48. The Morgan fingerprint density at radius 2 is 1.85 bits per heavy atom. The summed E-state index contributed by atoms with van der Waals surface area (Å²) in [7, 11) is -2.37. The highest BCUT2D eigenvalue weighted by Gasteiger charge is 2.24. The van der Waals surface area contributed by atoms with Gasteiger partial charge in [-0.15, -0.1) is 5.10 Å². The molecule has 1 N–H and O–H groups in total. The number of sulfonamides is 1. The topological polar surface area (TPSA) is 118 Å². The van der Waals surface area contributed by atoms with Crippen molar-refractivity contribution in [1.82, 2.24) is 20.0 Å². The number of ether oxygens (including phenoxy) is 1. The predicted molar refractivity (Wildman–Crippen MR) is 121 cm³/mol. The first kappa shape index (κ1) is 23.0. The van der Waals surface area contributed by atoms with Gasteiger partial charge in [0, 0.05) is 36.8 Å². The zero-order valence-corrected chi connectivity index (χ0v) is 19.3. The molecule has 1 aromatic heterocycles. The molecule has 1 aliphatic heterocycles. The molecule has 10 nitrogen and oxygen atoms in total. The van der Waals surface area contributed by atoms with Crippen LogP contribution in [0.5, 0.6) is 5.75 Å². The number of hydrogen-bond acceptors (Lipinski definition) is 8. The number of anilines is 1. The second kappa shape index (κ2) is 9.77. The number of methoxy groups -OCH3 is 1. The predicted octanol–water partition coefficient (Wildman–Crippen LogP) is 2.49. The van der Waals surface area contributed by atoms with Crippen molar-refractivity contribution in [1.29, 1.82) is 0 Å². The van der Waals surface area contributed by atoms with Gasteiger partial charge < -0.3 is 14.1 Å². The van der Waals surface area contributed by atoms with Gasteiger partial charge in [0.1, 0.15) is 5.75 Å². The van der Waals surface area contributed by atoms with Crippen molar-refractivity contribution >= 4 is 33.5 Å². The number of piperazine rings is 1. The fraction of sp³-hybridized carbons (Fsp3) is 0.286. The van der Waals surface area contributed by atoms with E-state index in [1.165, 1.54) is 19.2 Å². The van der Waals surface area contributed by atoms with Crippen LogP contribution in [-0.2, 0) is 16.6 Å².